The molecule has 7 nitrogen and oxygen atoms in total. The van der Waals surface area contributed by atoms with Crippen LogP contribution in [-0.2, 0) is 4.74 Å². The van der Waals surface area contributed by atoms with Crippen LogP contribution in [0.5, 0.6) is 0 Å². The highest BCUT2D eigenvalue weighted by molar-refractivity contribution is 6.04. The second-order valence-electron chi connectivity index (χ2n) is 7.73. The van der Waals surface area contributed by atoms with Gasteiger partial charge in [0.05, 0.1) is 18.2 Å². The molecule has 2 saturated heterocycles. The summed E-state index contributed by atoms with van der Waals surface area (Å²) in [4.78, 5) is 16.9. The van der Waals surface area contributed by atoms with E-state index in [4.69, 9.17) is 10.5 Å². The first kappa shape index (κ1) is 18.4. The van der Waals surface area contributed by atoms with Crippen molar-refractivity contribution in [1.82, 2.24) is 19.6 Å². The molecule has 27 heavy (non-hydrogen) atoms. The number of amides is 1. The van der Waals surface area contributed by atoms with E-state index < -0.39 is 5.91 Å². The smallest absolute Gasteiger partial charge is 0.269 e. The SMILES string of the molecule is CCOCCN1CC2CC(n3nc(C(N)=O)c4ccccc43)CC(C1)N2C. The van der Waals surface area contributed by atoms with Gasteiger partial charge >= 0.3 is 0 Å². The second-order valence-corrected chi connectivity index (χ2v) is 7.73. The van der Waals surface area contributed by atoms with Crippen LogP contribution in [0.4, 0.5) is 0 Å². The number of para-hydroxylation sites is 1. The van der Waals surface area contributed by atoms with Crippen molar-refractivity contribution in [1.29, 1.82) is 0 Å². The first-order valence-corrected chi connectivity index (χ1v) is 9.87. The average Bonchev–Trinajstić information content (AvgIpc) is 3.03. The van der Waals surface area contributed by atoms with Crippen LogP contribution in [0.25, 0.3) is 10.9 Å². The summed E-state index contributed by atoms with van der Waals surface area (Å²) in [6.07, 6.45) is 2.06. The molecule has 0 radical (unpaired) electrons. The van der Waals surface area contributed by atoms with Gasteiger partial charge in [-0.3, -0.25) is 19.3 Å². The Morgan fingerprint density at radius 2 is 1.93 bits per heavy atom. The monoisotopic (exact) mass is 371 g/mol. The van der Waals surface area contributed by atoms with E-state index in [-0.39, 0.29) is 0 Å². The molecule has 0 saturated carbocycles. The number of hydrogen-bond acceptors (Lipinski definition) is 5. The quantitative estimate of drug-likeness (QED) is 0.779. The van der Waals surface area contributed by atoms with Gasteiger partial charge in [0, 0.05) is 43.7 Å². The Hall–Kier alpha value is -1.96. The number of hydrogen-bond donors (Lipinski definition) is 1. The zero-order chi connectivity index (χ0) is 19.0. The fraction of sp³-hybridized carbons (Fsp3) is 0.600. The normalized spacial score (nSPS) is 26.5. The molecule has 2 atom stereocenters. The Kier molecular flexibility index (Phi) is 5.16. The van der Waals surface area contributed by atoms with E-state index in [1.165, 1.54) is 0 Å². The van der Waals surface area contributed by atoms with Gasteiger partial charge in [0.2, 0.25) is 0 Å². The molecule has 1 amide bonds. The molecular weight excluding hydrogens is 342 g/mol. The average molecular weight is 371 g/mol. The minimum Gasteiger partial charge on any atom is -0.380 e. The van der Waals surface area contributed by atoms with Crippen LogP contribution in [0.2, 0.25) is 0 Å². The molecule has 0 spiro atoms. The Morgan fingerprint density at radius 1 is 1.22 bits per heavy atom. The number of piperazine rings is 1. The van der Waals surface area contributed by atoms with Crippen LogP contribution >= 0.6 is 0 Å². The van der Waals surface area contributed by atoms with Gasteiger partial charge in [-0.05, 0) is 32.9 Å². The first-order valence-electron chi connectivity index (χ1n) is 9.87. The van der Waals surface area contributed by atoms with Crippen molar-refractivity contribution < 1.29 is 9.53 Å². The van der Waals surface area contributed by atoms with E-state index >= 15 is 0 Å². The molecule has 1 aromatic carbocycles. The zero-order valence-corrected chi connectivity index (χ0v) is 16.2. The Bertz CT molecular complexity index is 804. The number of rotatable bonds is 6. The van der Waals surface area contributed by atoms with Gasteiger partial charge in [0.15, 0.2) is 5.69 Å². The van der Waals surface area contributed by atoms with Crippen LogP contribution in [0.15, 0.2) is 24.3 Å². The number of carbonyl (C=O) groups excluding carboxylic acids is 1. The largest absolute Gasteiger partial charge is 0.380 e. The Morgan fingerprint density at radius 3 is 2.59 bits per heavy atom. The maximum absolute atomic E-state index is 11.8. The van der Waals surface area contributed by atoms with Gasteiger partial charge in [-0.2, -0.15) is 5.10 Å². The summed E-state index contributed by atoms with van der Waals surface area (Å²) >= 11 is 0. The zero-order valence-electron chi connectivity index (χ0n) is 16.2. The molecule has 2 aromatic rings. The highest BCUT2D eigenvalue weighted by Crippen LogP contribution is 2.36. The highest BCUT2D eigenvalue weighted by Gasteiger charge is 2.40. The molecule has 0 aliphatic carbocycles. The fourth-order valence-electron chi connectivity index (χ4n) is 4.70. The lowest BCUT2D eigenvalue weighted by atomic mass is 9.88. The number of fused-ring (bicyclic) bond motifs is 3. The molecule has 7 heteroatoms. The maximum atomic E-state index is 11.8. The van der Waals surface area contributed by atoms with Crippen molar-refractivity contribution in [3.05, 3.63) is 30.0 Å². The molecule has 146 valence electrons. The van der Waals surface area contributed by atoms with Gasteiger partial charge in [0.1, 0.15) is 0 Å². The molecule has 2 unspecified atom stereocenters. The molecule has 2 bridgehead atoms. The second kappa shape index (κ2) is 7.58. The number of nitrogens with two attached hydrogens (primary N) is 1. The van der Waals surface area contributed by atoms with E-state index in [2.05, 4.69) is 26.6 Å². The molecular formula is C20H29N5O2. The molecule has 2 fully saturated rings. The number of likely N-dealkylation sites (tertiary alicyclic amines) is 1. The van der Waals surface area contributed by atoms with Gasteiger partial charge in [-0.15, -0.1) is 0 Å². The maximum Gasteiger partial charge on any atom is 0.269 e. The summed E-state index contributed by atoms with van der Waals surface area (Å²) in [5, 5.41) is 5.49. The van der Waals surface area contributed by atoms with Crippen molar-refractivity contribution in [3.63, 3.8) is 0 Å². The van der Waals surface area contributed by atoms with E-state index in [9.17, 15) is 4.79 Å². The van der Waals surface area contributed by atoms with Gasteiger partial charge in [-0.1, -0.05) is 18.2 Å². The van der Waals surface area contributed by atoms with E-state index in [0.29, 0.717) is 23.8 Å². The summed E-state index contributed by atoms with van der Waals surface area (Å²) < 4.78 is 7.59. The summed E-state index contributed by atoms with van der Waals surface area (Å²) in [5.41, 5.74) is 6.96. The van der Waals surface area contributed by atoms with E-state index in [0.717, 1.165) is 56.6 Å². The predicted molar refractivity (Wildman–Crippen MR) is 105 cm³/mol. The molecule has 2 aliphatic rings. The number of aromatic nitrogens is 2. The third-order valence-corrected chi connectivity index (χ3v) is 6.13. The van der Waals surface area contributed by atoms with Crippen LogP contribution in [0.3, 0.4) is 0 Å². The van der Waals surface area contributed by atoms with Crippen LogP contribution in [0, 0.1) is 0 Å². The van der Waals surface area contributed by atoms with Gasteiger partial charge in [-0.25, -0.2) is 0 Å². The van der Waals surface area contributed by atoms with E-state index in [1.54, 1.807) is 0 Å². The Balaban J connectivity index is 1.56. The van der Waals surface area contributed by atoms with Crippen molar-refractivity contribution in [2.24, 2.45) is 5.73 Å². The van der Waals surface area contributed by atoms with Crippen molar-refractivity contribution in [2.75, 3.05) is 39.9 Å². The third kappa shape index (κ3) is 3.47. The standard InChI is InChI=1S/C20H29N5O2/c1-3-27-9-8-24-12-15-10-14(11-16(13-24)23(15)2)25-18-7-5-4-6-17(18)19(22-25)20(21)26/h4-7,14-16H,3,8-13H2,1-2H3,(H2,21,26). The Labute approximate surface area is 160 Å². The minimum atomic E-state index is -0.458. The summed E-state index contributed by atoms with van der Waals surface area (Å²) in [6.45, 7) is 6.72. The number of nitrogens with zero attached hydrogens (tertiary/aromatic N) is 4. The van der Waals surface area contributed by atoms with Crippen molar-refractivity contribution in [2.45, 2.75) is 37.9 Å². The topological polar surface area (TPSA) is 76.6 Å². The summed E-state index contributed by atoms with van der Waals surface area (Å²) in [5.74, 6) is -0.458. The van der Waals surface area contributed by atoms with Crippen LogP contribution in [0.1, 0.15) is 36.3 Å². The summed E-state index contributed by atoms with van der Waals surface area (Å²) in [6, 6.07) is 9.18. The lowest BCUT2D eigenvalue weighted by Gasteiger charge is -2.50. The number of primary amides is 1. The molecule has 4 rings (SSSR count). The number of benzene rings is 1. The van der Waals surface area contributed by atoms with Crippen LogP contribution < -0.4 is 5.73 Å². The lowest BCUT2D eigenvalue weighted by Crippen LogP contribution is -2.61. The molecule has 3 heterocycles. The highest BCUT2D eigenvalue weighted by atomic mass is 16.5. The molecule has 2 aliphatic heterocycles. The lowest BCUT2D eigenvalue weighted by molar-refractivity contribution is -0.0191. The van der Waals surface area contributed by atoms with Crippen molar-refractivity contribution >= 4 is 16.8 Å². The minimum absolute atomic E-state index is 0.295. The van der Waals surface area contributed by atoms with E-state index in [1.807, 2.05) is 31.2 Å². The third-order valence-electron chi connectivity index (χ3n) is 6.13. The number of ether oxygens (including phenoxy) is 1. The number of piperidine rings is 1. The predicted octanol–water partition coefficient (Wildman–Crippen LogP) is 1.49. The van der Waals surface area contributed by atoms with Crippen LogP contribution in [-0.4, -0.2) is 77.5 Å². The number of likely N-dealkylation sites (N-methyl/N-ethyl adjacent to an activating group) is 1. The van der Waals surface area contributed by atoms with Crippen molar-refractivity contribution in [3.8, 4) is 0 Å². The van der Waals surface area contributed by atoms with Gasteiger partial charge in [0.25, 0.3) is 5.91 Å². The molecule has 1 aromatic heterocycles. The molecule has 2 N–H and O–H groups in total. The van der Waals surface area contributed by atoms with Gasteiger partial charge < -0.3 is 10.5 Å². The number of carbonyl (C=O) groups is 1. The fourth-order valence-corrected chi connectivity index (χ4v) is 4.70. The first-order chi connectivity index (χ1) is 13.1. The summed E-state index contributed by atoms with van der Waals surface area (Å²) in [7, 11) is 2.24.